The minimum absolute atomic E-state index is 0.0603. The van der Waals surface area contributed by atoms with Crippen LogP contribution >= 0.6 is 0 Å². The number of benzene rings is 1. The van der Waals surface area contributed by atoms with Gasteiger partial charge in [0.05, 0.1) is 4.90 Å². The maximum absolute atomic E-state index is 12.2. The maximum atomic E-state index is 12.2. The quantitative estimate of drug-likeness (QED) is 0.794. The molecule has 104 valence electrons. The highest BCUT2D eigenvalue weighted by atomic mass is 32.2. The lowest BCUT2D eigenvalue weighted by molar-refractivity contribution is 0.0735. The monoisotopic (exact) mass is 283 g/mol. The Balaban J connectivity index is 2.16. The summed E-state index contributed by atoms with van der Waals surface area (Å²) in [7, 11) is -2.09. The number of sulfonamides is 1. The van der Waals surface area contributed by atoms with Gasteiger partial charge < -0.3 is 10.2 Å². The zero-order chi connectivity index (χ0) is 13.9. The molecule has 1 amide bonds. The minimum atomic E-state index is -3.45. The topological polar surface area (TPSA) is 78.5 Å². The first-order valence-corrected chi connectivity index (χ1v) is 7.56. The molecule has 0 radical (unpaired) electrons. The molecule has 2 N–H and O–H groups in total. The summed E-state index contributed by atoms with van der Waals surface area (Å²) in [5.41, 5.74) is 0.511. The van der Waals surface area contributed by atoms with Crippen molar-refractivity contribution in [2.24, 2.45) is 0 Å². The fourth-order valence-corrected chi connectivity index (χ4v) is 2.68. The highest BCUT2D eigenvalue weighted by Crippen LogP contribution is 2.12. The first-order chi connectivity index (χ1) is 9.04. The molecule has 0 bridgehead atoms. The third-order valence-electron chi connectivity index (χ3n) is 3.08. The largest absolute Gasteiger partial charge is 0.336 e. The molecule has 0 atom stereocenters. The smallest absolute Gasteiger partial charge is 0.253 e. The molecule has 1 fully saturated rings. The zero-order valence-electron chi connectivity index (χ0n) is 10.7. The molecule has 1 aliphatic heterocycles. The Bertz CT molecular complexity index is 548. The fourth-order valence-electron chi connectivity index (χ4n) is 1.95. The summed E-state index contributed by atoms with van der Waals surface area (Å²) in [6, 6.07) is 5.99. The second-order valence-electron chi connectivity index (χ2n) is 4.27. The van der Waals surface area contributed by atoms with Crippen LogP contribution in [0.5, 0.6) is 0 Å². The lowest BCUT2D eigenvalue weighted by Gasteiger charge is -2.27. The molecule has 1 aromatic rings. The molecule has 0 aromatic heterocycles. The summed E-state index contributed by atoms with van der Waals surface area (Å²) in [6.45, 7) is 2.93. The van der Waals surface area contributed by atoms with E-state index in [9.17, 15) is 13.2 Å². The van der Waals surface area contributed by atoms with E-state index in [1.807, 2.05) is 0 Å². The van der Waals surface area contributed by atoms with Crippen LogP contribution in [0.15, 0.2) is 29.2 Å². The molecule has 7 heteroatoms. The highest BCUT2D eigenvalue weighted by Gasteiger charge is 2.18. The third kappa shape index (κ3) is 3.12. The number of carbonyl (C=O) groups excluding carboxylic acids is 1. The number of carbonyl (C=O) groups is 1. The molecule has 0 saturated carbocycles. The van der Waals surface area contributed by atoms with Crippen molar-refractivity contribution in [1.29, 1.82) is 0 Å². The van der Waals surface area contributed by atoms with Crippen LogP contribution in [0.1, 0.15) is 10.4 Å². The van der Waals surface area contributed by atoms with E-state index in [4.69, 9.17) is 0 Å². The number of rotatable bonds is 3. The molecular weight excluding hydrogens is 266 g/mol. The molecule has 6 nitrogen and oxygen atoms in total. The molecule has 19 heavy (non-hydrogen) atoms. The van der Waals surface area contributed by atoms with Gasteiger partial charge in [-0.3, -0.25) is 4.79 Å². The van der Waals surface area contributed by atoms with Gasteiger partial charge in [0.25, 0.3) is 5.91 Å². The molecular formula is C12H17N3O3S. The van der Waals surface area contributed by atoms with Gasteiger partial charge in [-0.25, -0.2) is 13.1 Å². The Morgan fingerprint density at radius 3 is 2.32 bits per heavy atom. The summed E-state index contributed by atoms with van der Waals surface area (Å²) in [4.78, 5) is 14.1. The van der Waals surface area contributed by atoms with Crippen molar-refractivity contribution in [3.05, 3.63) is 29.8 Å². The Hall–Kier alpha value is -1.44. The molecule has 0 unspecified atom stereocenters. The standard InChI is InChI=1S/C12H17N3O3S/c1-13-19(17,18)11-4-2-10(3-5-11)12(16)15-8-6-14-7-9-15/h2-5,13-14H,6-9H2,1H3. The van der Waals surface area contributed by atoms with E-state index in [1.54, 1.807) is 17.0 Å². The molecule has 0 spiro atoms. The number of hydrogen-bond donors (Lipinski definition) is 2. The number of nitrogens with zero attached hydrogens (tertiary/aromatic N) is 1. The highest BCUT2D eigenvalue weighted by molar-refractivity contribution is 7.89. The van der Waals surface area contributed by atoms with Crippen molar-refractivity contribution < 1.29 is 13.2 Å². The van der Waals surface area contributed by atoms with Gasteiger partial charge in [0.1, 0.15) is 0 Å². The molecule has 1 aliphatic rings. The fraction of sp³-hybridized carbons (Fsp3) is 0.417. The Kier molecular flexibility index (Phi) is 4.18. The predicted molar refractivity (Wildman–Crippen MR) is 71.5 cm³/mol. The van der Waals surface area contributed by atoms with Gasteiger partial charge in [0.15, 0.2) is 0 Å². The van der Waals surface area contributed by atoms with Crippen LogP contribution in [0.3, 0.4) is 0 Å². The third-order valence-corrected chi connectivity index (χ3v) is 4.51. The van der Waals surface area contributed by atoms with Crippen molar-refractivity contribution in [3.8, 4) is 0 Å². The number of piperazine rings is 1. The van der Waals surface area contributed by atoms with Crippen LogP contribution in [0.25, 0.3) is 0 Å². The number of amides is 1. The summed E-state index contributed by atoms with van der Waals surface area (Å²) in [5, 5.41) is 3.18. The van der Waals surface area contributed by atoms with Gasteiger partial charge in [-0.1, -0.05) is 0 Å². The van der Waals surface area contributed by atoms with Crippen molar-refractivity contribution in [2.45, 2.75) is 4.90 Å². The predicted octanol–water partition coefficient (Wildman–Crippen LogP) is -0.360. The lowest BCUT2D eigenvalue weighted by atomic mass is 10.2. The average Bonchev–Trinajstić information content (AvgIpc) is 2.47. The lowest BCUT2D eigenvalue weighted by Crippen LogP contribution is -2.46. The summed E-state index contributed by atoms with van der Waals surface area (Å²) >= 11 is 0. The first kappa shape index (κ1) is 14.0. The van der Waals surface area contributed by atoms with Crippen molar-refractivity contribution >= 4 is 15.9 Å². The average molecular weight is 283 g/mol. The Morgan fingerprint density at radius 2 is 1.79 bits per heavy atom. The van der Waals surface area contributed by atoms with Crippen LogP contribution in [0.2, 0.25) is 0 Å². The molecule has 1 aromatic carbocycles. The SMILES string of the molecule is CNS(=O)(=O)c1ccc(C(=O)N2CCNCC2)cc1. The van der Waals surface area contributed by atoms with Crippen LogP contribution in [-0.2, 0) is 10.0 Å². The summed E-state index contributed by atoms with van der Waals surface area (Å²) < 4.78 is 25.4. The van der Waals surface area contributed by atoms with E-state index >= 15 is 0 Å². The van der Waals surface area contributed by atoms with Crippen molar-refractivity contribution in [3.63, 3.8) is 0 Å². The van der Waals surface area contributed by atoms with Gasteiger partial charge >= 0.3 is 0 Å². The van der Waals surface area contributed by atoms with Gasteiger partial charge in [-0.05, 0) is 31.3 Å². The van der Waals surface area contributed by atoms with Gasteiger partial charge in [0, 0.05) is 31.7 Å². The summed E-state index contributed by atoms with van der Waals surface area (Å²) in [5.74, 6) is -0.0603. The number of hydrogen-bond acceptors (Lipinski definition) is 4. The molecule has 1 heterocycles. The van der Waals surface area contributed by atoms with E-state index in [0.717, 1.165) is 13.1 Å². The number of nitrogens with one attached hydrogen (secondary N) is 2. The van der Waals surface area contributed by atoms with Crippen LogP contribution < -0.4 is 10.0 Å². The normalized spacial score (nSPS) is 16.4. The Morgan fingerprint density at radius 1 is 1.21 bits per heavy atom. The van der Waals surface area contributed by atoms with Crippen molar-refractivity contribution in [2.75, 3.05) is 33.2 Å². The molecule has 1 saturated heterocycles. The van der Waals surface area contributed by atoms with Gasteiger partial charge in [-0.2, -0.15) is 0 Å². The van der Waals surface area contributed by atoms with Crippen molar-refractivity contribution in [1.82, 2.24) is 14.9 Å². The zero-order valence-corrected chi connectivity index (χ0v) is 11.5. The van der Waals surface area contributed by atoms with Crippen LogP contribution in [0.4, 0.5) is 0 Å². The van der Waals surface area contributed by atoms with Crippen LogP contribution in [0, 0.1) is 0 Å². The van der Waals surface area contributed by atoms with E-state index in [-0.39, 0.29) is 10.8 Å². The maximum Gasteiger partial charge on any atom is 0.253 e. The minimum Gasteiger partial charge on any atom is -0.336 e. The van der Waals surface area contributed by atoms with E-state index in [0.29, 0.717) is 18.7 Å². The second-order valence-corrected chi connectivity index (χ2v) is 6.16. The first-order valence-electron chi connectivity index (χ1n) is 6.08. The Labute approximate surface area is 112 Å². The van der Waals surface area contributed by atoms with Crippen LogP contribution in [-0.4, -0.2) is 52.5 Å². The van der Waals surface area contributed by atoms with E-state index < -0.39 is 10.0 Å². The van der Waals surface area contributed by atoms with E-state index in [1.165, 1.54) is 19.2 Å². The van der Waals surface area contributed by atoms with E-state index in [2.05, 4.69) is 10.0 Å². The second kappa shape index (κ2) is 5.68. The van der Waals surface area contributed by atoms with Gasteiger partial charge in [0.2, 0.25) is 10.0 Å². The molecule has 2 rings (SSSR count). The molecule has 0 aliphatic carbocycles. The van der Waals surface area contributed by atoms with Gasteiger partial charge in [-0.15, -0.1) is 0 Å². The summed E-state index contributed by atoms with van der Waals surface area (Å²) in [6.07, 6.45) is 0.